The van der Waals surface area contributed by atoms with Crippen molar-refractivity contribution in [2.24, 2.45) is 0 Å². The maximum atomic E-state index is 11.8. The van der Waals surface area contributed by atoms with Crippen molar-refractivity contribution in [3.8, 4) is 0 Å². The SMILES string of the molecule is CCc1ccc(NC(=O)CNC(=O)Cc2ccc(C)cc2)cc1. The van der Waals surface area contributed by atoms with Crippen molar-refractivity contribution in [1.82, 2.24) is 5.32 Å². The lowest BCUT2D eigenvalue weighted by Gasteiger charge is -2.08. The fraction of sp³-hybridized carbons (Fsp3) is 0.263. The first kappa shape index (κ1) is 16.7. The van der Waals surface area contributed by atoms with Gasteiger partial charge in [0, 0.05) is 5.69 Å². The lowest BCUT2D eigenvalue weighted by molar-refractivity contribution is -0.123. The Balaban J connectivity index is 1.76. The Morgan fingerprint density at radius 3 is 2.09 bits per heavy atom. The van der Waals surface area contributed by atoms with Gasteiger partial charge < -0.3 is 10.6 Å². The predicted molar refractivity (Wildman–Crippen MR) is 92.3 cm³/mol. The normalized spacial score (nSPS) is 10.2. The van der Waals surface area contributed by atoms with Gasteiger partial charge in [0.25, 0.3) is 0 Å². The minimum Gasteiger partial charge on any atom is -0.347 e. The first-order valence-corrected chi connectivity index (χ1v) is 7.78. The topological polar surface area (TPSA) is 58.2 Å². The van der Waals surface area contributed by atoms with Crippen LogP contribution in [0.25, 0.3) is 0 Å². The monoisotopic (exact) mass is 310 g/mol. The summed E-state index contributed by atoms with van der Waals surface area (Å²) in [5.74, 6) is -0.392. The third kappa shape index (κ3) is 5.58. The van der Waals surface area contributed by atoms with E-state index in [0.29, 0.717) is 0 Å². The third-order valence-electron chi connectivity index (χ3n) is 3.58. The predicted octanol–water partition coefficient (Wildman–Crippen LogP) is 2.85. The van der Waals surface area contributed by atoms with Crippen LogP contribution in [-0.2, 0) is 22.4 Å². The van der Waals surface area contributed by atoms with Gasteiger partial charge in [-0.1, -0.05) is 48.9 Å². The zero-order valence-corrected chi connectivity index (χ0v) is 13.6. The Morgan fingerprint density at radius 2 is 1.48 bits per heavy atom. The number of hydrogen-bond acceptors (Lipinski definition) is 2. The Bertz CT molecular complexity index is 661. The van der Waals surface area contributed by atoms with Gasteiger partial charge in [-0.15, -0.1) is 0 Å². The molecule has 0 aromatic heterocycles. The summed E-state index contributed by atoms with van der Waals surface area (Å²) in [4.78, 5) is 23.7. The third-order valence-corrected chi connectivity index (χ3v) is 3.58. The highest BCUT2D eigenvalue weighted by atomic mass is 16.2. The number of amides is 2. The van der Waals surface area contributed by atoms with Gasteiger partial charge in [-0.2, -0.15) is 0 Å². The molecule has 0 saturated heterocycles. The van der Waals surface area contributed by atoms with E-state index in [1.54, 1.807) is 0 Å². The van der Waals surface area contributed by atoms with Crippen molar-refractivity contribution >= 4 is 17.5 Å². The van der Waals surface area contributed by atoms with E-state index in [-0.39, 0.29) is 24.8 Å². The summed E-state index contributed by atoms with van der Waals surface area (Å²) >= 11 is 0. The van der Waals surface area contributed by atoms with E-state index in [1.165, 1.54) is 5.56 Å². The molecule has 2 aromatic carbocycles. The number of carbonyl (C=O) groups is 2. The average molecular weight is 310 g/mol. The summed E-state index contributed by atoms with van der Waals surface area (Å²) in [6.45, 7) is 4.05. The van der Waals surface area contributed by atoms with E-state index in [2.05, 4.69) is 17.6 Å². The Labute approximate surface area is 136 Å². The molecule has 4 heteroatoms. The first-order chi connectivity index (χ1) is 11.1. The van der Waals surface area contributed by atoms with Gasteiger partial charge in [0.15, 0.2) is 0 Å². The molecule has 0 heterocycles. The van der Waals surface area contributed by atoms with E-state index in [4.69, 9.17) is 0 Å². The molecule has 0 unspecified atom stereocenters. The van der Waals surface area contributed by atoms with E-state index >= 15 is 0 Å². The Kier molecular flexibility index (Phi) is 5.92. The van der Waals surface area contributed by atoms with Gasteiger partial charge in [0.1, 0.15) is 0 Å². The first-order valence-electron chi connectivity index (χ1n) is 7.78. The molecule has 2 aromatic rings. The highest BCUT2D eigenvalue weighted by Crippen LogP contribution is 2.09. The number of anilines is 1. The molecule has 0 saturated carbocycles. The molecule has 0 aliphatic heterocycles. The molecule has 0 fully saturated rings. The summed E-state index contributed by atoms with van der Waals surface area (Å²) in [6.07, 6.45) is 1.24. The molecule has 23 heavy (non-hydrogen) atoms. The highest BCUT2D eigenvalue weighted by molar-refractivity contribution is 5.94. The molecular formula is C19H22N2O2. The lowest BCUT2D eigenvalue weighted by Crippen LogP contribution is -2.33. The standard InChI is InChI=1S/C19H22N2O2/c1-3-15-8-10-17(11-9-15)21-19(23)13-20-18(22)12-16-6-4-14(2)5-7-16/h4-11H,3,12-13H2,1-2H3,(H,20,22)(H,21,23). The largest absolute Gasteiger partial charge is 0.347 e. The maximum absolute atomic E-state index is 11.8. The maximum Gasteiger partial charge on any atom is 0.243 e. The molecule has 2 N–H and O–H groups in total. The molecule has 0 aliphatic carbocycles. The summed E-state index contributed by atoms with van der Waals surface area (Å²) in [5.41, 5.74) is 4.04. The van der Waals surface area contributed by atoms with Crippen LogP contribution >= 0.6 is 0 Å². The molecule has 4 nitrogen and oxygen atoms in total. The average Bonchev–Trinajstić information content (AvgIpc) is 2.56. The van der Waals surface area contributed by atoms with Gasteiger partial charge in [-0.25, -0.2) is 0 Å². The fourth-order valence-corrected chi connectivity index (χ4v) is 2.16. The molecule has 2 amide bonds. The van der Waals surface area contributed by atoms with Gasteiger partial charge >= 0.3 is 0 Å². The molecule has 0 atom stereocenters. The molecule has 2 rings (SSSR count). The summed E-state index contributed by atoms with van der Waals surface area (Å²) in [5, 5.41) is 5.40. The lowest BCUT2D eigenvalue weighted by atomic mass is 10.1. The van der Waals surface area contributed by atoms with Gasteiger partial charge in [0.2, 0.25) is 11.8 Å². The Hall–Kier alpha value is -2.62. The van der Waals surface area contributed by atoms with Gasteiger partial charge in [0.05, 0.1) is 13.0 Å². The van der Waals surface area contributed by atoms with E-state index < -0.39 is 0 Å². The van der Waals surface area contributed by atoms with Crippen molar-refractivity contribution in [3.05, 3.63) is 65.2 Å². The molecule has 0 bridgehead atoms. The molecule has 0 radical (unpaired) electrons. The van der Waals surface area contributed by atoms with E-state index in [9.17, 15) is 9.59 Å². The number of nitrogens with one attached hydrogen (secondary N) is 2. The number of benzene rings is 2. The van der Waals surface area contributed by atoms with Crippen molar-refractivity contribution in [1.29, 1.82) is 0 Å². The molecule has 120 valence electrons. The summed E-state index contributed by atoms with van der Waals surface area (Å²) in [6, 6.07) is 15.5. The minimum absolute atomic E-state index is 0.0276. The van der Waals surface area contributed by atoms with Crippen LogP contribution in [0.3, 0.4) is 0 Å². The second-order valence-corrected chi connectivity index (χ2v) is 5.54. The smallest absolute Gasteiger partial charge is 0.243 e. The van der Waals surface area contributed by atoms with Crippen LogP contribution < -0.4 is 10.6 Å². The summed E-state index contributed by atoms with van der Waals surface area (Å²) < 4.78 is 0. The molecule has 0 aliphatic rings. The van der Waals surface area contributed by atoms with Crippen LogP contribution in [0.1, 0.15) is 23.6 Å². The number of rotatable bonds is 6. The zero-order chi connectivity index (χ0) is 16.7. The second kappa shape index (κ2) is 8.13. The number of carbonyl (C=O) groups excluding carboxylic acids is 2. The van der Waals surface area contributed by atoms with Gasteiger partial charge in [-0.3, -0.25) is 9.59 Å². The van der Waals surface area contributed by atoms with Crippen molar-refractivity contribution in [2.45, 2.75) is 26.7 Å². The minimum atomic E-state index is -0.230. The zero-order valence-electron chi connectivity index (χ0n) is 13.6. The summed E-state index contributed by atoms with van der Waals surface area (Å²) in [7, 11) is 0. The van der Waals surface area contributed by atoms with Crippen LogP contribution in [0, 0.1) is 6.92 Å². The highest BCUT2D eigenvalue weighted by Gasteiger charge is 2.07. The number of hydrogen-bond donors (Lipinski definition) is 2. The van der Waals surface area contributed by atoms with E-state index in [0.717, 1.165) is 23.2 Å². The van der Waals surface area contributed by atoms with Crippen molar-refractivity contribution in [2.75, 3.05) is 11.9 Å². The second-order valence-electron chi connectivity index (χ2n) is 5.54. The van der Waals surface area contributed by atoms with Gasteiger partial charge in [-0.05, 0) is 36.6 Å². The van der Waals surface area contributed by atoms with Crippen molar-refractivity contribution in [3.63, 3.8) is 0 Å². The van der Waals surface area contributed by atoms with Crippen LogP contribution in [0.15, 0.2) is 48.5 Å². The van der Waals surface area contributed by atoms with Crippen LogP contribution in [0.5, 0.6) is 0 Å². The molecule has 0 spiro atoms. The Morgan fingerprint density at radius 1 is 0.870 bits per heavy atom. The fourth-order valence-electron chi connectivity index (χ4n) is 2.16. The van der Waals surface area contributed by atoms with E-state index in [1.807, 2.05) is 55.5 Å². The quantitative estimate of drug-likeness (QED) is 0.862. The van der Waals surface area contributed by atoms with Crippen LogP contribution in [-0.4, -0.2) is 18.4 Å². The number of aryl methyl sites for hydroxylation is 2. The van der Waals surface area contributed by atoms with Crippen LogP contribution in [0.2, 0.25) is 0 Å². The molecular weight excluding hydrogens is 288 g/mol. The van der Waals surface area contributed by atoms with Crippen LogP contribution in [0.4, 0.5) is 5.69 Å². The van der Waals surface area contributed by atoms with Crippen molar-refractivity contribution < 1.29 is 9.59 Å².